The van der Waals surface area contributed by atoms with Crippen LogP contribution in [-0.2, 0) is 0 Å². The Labute approximate surface area is 110 Å². The van der Waals surface area contributed by atoms with Gasteiger partial charge in [-0.2, -0.15) is 0 Å². The molecule has 2 aromatic rings. The molecule has 3 heterocycles. The minimum atomic E-state index is 0.301. The van der Waals surface area contributed by atoms with E-state index in [1.165, 1.54) is 0 Å². The van der Waals surface area contributed by atoms with Crippen molar-refractivity contribution in [2.45, 2.75) is 0 Å². The van der Waals surface area contributed by atoms with E-state index in [1.54, 1.807) is 12.5 Å². The molecule has 2 aliphatic rings. The quantitative estimate of drug-likeness (QED) is 0.826. The van der Waals surface area contributed by atoms with Crippen LogP contribution in [0.25, 0.3) is 0 Å². The molecule has 2 aliphatic heterocycles. The second kappa shape index (κ2) is 3.98. The summed E-state index contributed by atoms with van der Waals surface area (Å²) in [5.41, 5.74) is 2.12. The smallest absolute Gasteiger partial charge is 0.231 e. The minimum Gasteiger partial charge on any atom is -0.470 e. The standard InChI is InChI=1S/C14H12N2O3/c1-2-13-14(19-10-18-13)7-11(1)15-4-5-16(9-15)12-3-6-17-8-12/h1-8H,9-10H2. The van der Waals surface area contributed by atoms with Crippen LogP contribution in [-0.4, -0.2) is 13.5 Å². The number of fused-ring (bicyclic) bond motifs is 1. The number of rotatable bonds is 2. The lowest BCUT2D eigenvalue weighted by Crippen LogP contribution is -2.24. The predicted octanol–water partition coefficient (Wildman–Crippen LogP) is 2.76. The van der Waals surface area contributed by atoms with Gasteiger partial charge in [0, 0.05) is 30.2 Å². The van der Waals surface area contributed by atoms with Crippen molar-refractivity contribution in [3.8, 4) is 11.5 Å². The first-order valence-electron chi connectivity index (χ1n) is 6.04. The van der Waals surface area contributed by atoms with Gasteiger partial charge in [0.1, 0.15) is 6.26 Å². The van der Waals surface area contributed by atoms with Gasteiger partial charge in [-0.25, -0.2) is 0 Å². The van der Waals surface area contributed by atoms with Crippen molar-refractivity contribution in [2.75, 3.05) is 23.3 Å². The van der Waals surface area contributed by atoms with Gasteiger partial charge in [0.2, 0.25) is 6.79 Å². The Kier molecular flexibility index (Phi) is 2.17. The number of hydrogen-bond acceptors (Lipinski definition) is 5. The first-order valence-corrected chi connectivity index (χ1v) is 6.04. The lowest BCUT2D eigenvalue weighted by molar-refractivity contribution is 0.174. The Morgan fingerprint density at radius 2 is 1.74 bits per heavy atom. The van der Waals surface area contributed by atoms with E-state index in [0.717, 1.165) is 29.5 Å². The van der Waals surface area contributed by atoms with E-state index in [9.17, 15) is 0 Å². The highest BCUT2D eigenvalue weighted by molar-refractivity contribution is 5.62. The van der Waals surface area contributed by atoms with Crippen molar-refractivity contribution >= 4 is 11.4 Å². The van der Waals surface area contributed by atoms with Crippen LogP contribution in [0, 0.1) is 0 Å². The summed E-state index contributed by atoms with van der Waals surface area (Å²) in [7, 11) is 0. The molecule has 5 heteroatoms. The van der Waals surface area contributed by atoms with E-state index < -0.39 is 0 Å². The van der Waals surface area contributed by atoms with Crippen molar-refractivity contribution in [3.05, 3.63) is 49.2 Å². The Morgan fingerprint density at radius 3 is 2.58 bits per heavy atom. The third kappa shape index (κ3) is 1.71. The summed E-state index contributed by atoms with van der Waals surface area (Å²) in [6.45, 7) is 1.05. The molecule has 0 fully saturated rings. The molecule has 0 N–H and O–H groups in total. The van der Waals surface area contributed by atoms with Crippen LogP contribution in [0.5, 0.6) is 11.5 Å². The summed E-state index contributed by atoms with van der Waals surface area (Å²) in [5.74, 6) is 1.60. The molecule has 96 valence electrons. The molecule has 5 nitrogen and oxygen atoms in total. The minimum absolute atomic E-state index is 0.301. The number of nitrogens with zero attached hydrogens (tertiary/aromatic N) is 2. The first-order chi connectivity index (χ1) is 9.40. The van der Waals surface area contributed by atoms with Gasteiger partial charge in [-0.05, 0) is 12.1 Å². The molecule has 19 heavy (non-hydrogen) atoms. The largest absolute Gasteiger partial charge is 0.470 e. The van der Waals surface area contributed by atoms with Crippen LogP contribution in [0.15, 0.2) is 53.6 Å². The maximum atomic E-state index is 5.40. The van der Waals surface area contributed by atoms with Crippen LogP contribution >= 0.6 is 0 Å². The fraction of sp³-hybridized carbons (Fsp3) is 0.143. The molecule has 0 spiro atoms. The van der Waals surface area contributed by atoms with Crippen molar-refractivity contribution < 1.29 is 13.9 Å². The molecule has 1 aromatic carbocycles. The third-order valence-electron chi connectivity index (χ3n) is 3.26. The molecule has 0 saturated carbocycles. The lowest BCUT2D eigenvalue weighted by atomic mass is 10.2. The topological polar surface area (TPSA) is 38.1 Å². The maximum Gasteiger partial charge on any atom is 0.231 e. The first kappa shape index (κ1) is 10.4. The Balaban J connectivity index is 1.57. The van der Waals surface area contributed by atoms with Crippen LogP contribution in [0.4, 0.5) is 11.4 Å². The molecule has 1 aromatic heterocycles. The number of anilines is 2. The zero-order valence-corrected chi connectivity index (χ0v) is 10.2. The zero-order valence-electron chi connectivity index (χ0n) is 10.2. The van der Waals surface area contributed by atoms with E-state index in [4.69, 9.17) is 13.9 Å². The van der Waals surface area contributed by atoms with Crippen molar-refractivity contribution in [2.24, 2.45) is 0 Å². The van der Waals surface area contributed by atoms with E-state index in [1.807, 2.05) is 36.7 Å². The van der Waals surface area contributed by atoms with E-state index in [2.05, 4.69) is 9.80 Å². The summed E-state index contributed by atoms with van der Waals surface area (Å²) in [6, 6.07) is 7.89. The van der Waals surface area contributed by atoms with Crippen LogP contribution in [0.3, 0.4) is 0 Å². The molecule has 0 amide bonds. The van der Waals surface area contributed by atoms with Crippen LogP contribution < -0.4 is 19.3 Å². The molecule has 0 radical (unpaired) electrons. The Morgan fingerprint density at radius 1 is 0.895 bits per heavy atom. The SMILES string of the molecule is C1=CN(c2ccc3c(c2)OCO3)CN1c1ccoc1. The van der Waals surface area contributed by atoms with Crippen molar-refractivity contribution in [3.63, 3.8) is 0 Å². The molecule has 0 atom stereocenters. The summed E-state index contributed by atoms with van der Waals surface area (Å²) in [4.78, 5) is 4.24. The van der Waals surface area contributed by atoms with Gasteiger partial charge in [0.05, 0.1) is 18.6 Å². The summed E-state index contributed by atoms with van der Waals surface area (Å²) in [6.07, 6.45) is 7.46. The Bertz CT molecular complexity index is 622. The number of benzene rings is 1. The summed E-state index contributed by atoms with van der Waals surface area (Å²) < 4.78 is 15.8. The summed E-state index contributed by atoms with van der Waals surface area (Å²) >= 11 is 0. The number of hydrogen-bond donors (Lipinski definition) is 0. The van der Waals surface area contributed by atoms with Gasteiger partial charge >= 0.3 is 0 Å². The van der Waals surface area contributed by atoms with Gasteiger partial charge in [-0.3, -0.25) is 0 Å². The van der Waals surface area contributed by atoms with Crippen LogP contribution in [0.1, 0.15) is 0 Å². The van der Waals surface area contributed by atoms with Crippen LogP contribution in [0.2, 0.25) is 0 Å². The second-order valence-electron chi connectivity index (χ2n) is 4.40. The maximum absolute atomic E-state index is 5.40. The molecular weight excluding hydrogens is 244 g/mol. The van der Waals surface area contributed by atoms with Crippen molar-refractivity contribution in [1.82, 2.24) is 0 Å². The van der Waals surface area contributed by atoms with Crippen molar-refractivity contribution in [1.29, 1.82) is 0 Å². The van der Waals surface area contributed by atoms with Gasteiger partial charge in [-0.15, -0.1) is 0 Å². The lowest BCUT2D eigenvalue weighted by Gasteiger charge is -2.20. The number of ether oxygens (including phenoxy) is 2. The molecule has 0 unspecified atom stereocenters. The van der Waals surface area contributed by atoms with E-state index in [0.29, 0.717) is 6.79 Å². The van der Waals surface area contributed by atoms with Gasteiger partial charge in [0.15, 0.2) is 11.5 Å². The third-order valence-corrected chi connectivity index (χ3v) is 3.26. The Hall–Kier alpha value is -2.56. The van der Waals surface area contributed by atoms with E-state index in [-0.39, 0.29) is 0 Å². The average molecular weight is 256 g/mol. The zero-order chi connectivity index (χ0) is 12.7. The average Bonchev–Trinajstić information content (AvgIpc) is 3.18. The molecular formula is C14H12N2O3. The normalized spacial score (nSPS) is 16.4. The second-order valence-corrected chi connectivity index (χ2v) is 4.40. The number of furan rings is 1. The predicted molar refractivity (Wildman–Crippen MR) is 70.2 cm³/mol. The summed E-state index contributed by atoms with van der Waals surface area (Å²) in [5, 5.41) is 0. The highest BCUT2D eigenvalue weighted by Crippen LogP contribution is 2.36. The highest BCUT2D eigenvalue weighted by Gasteiger charge is 2.19. The molecule has 0 aliphatic carbocycles. The fourth-order valence-electron chi connectivity index (χ4n) is 2.24. The van der Waals surface area contributed by atoms with E-state index >= 15 is 0 Å². The molecule has 0 bridgehead atoms. The molecule has 0 saturated heterocycles. The fourth-order valence-corrected chi connectivity index (χ4v) is 2.24. The molecule has 4 rings (SSSR count). The van der Waals surface area contributed by atoms with Gasteiger partial charge in [-0.1, -0.05) is 0 Å². The van der Waals surface area contributed by atoms with Gasteiger partial charge in [0.25, 0.3) is 0 Å². The van der Waals surface area contributed by atoms with Gasteiger partial charge < -0.3 is 23.7 Å². The monoisotopic (exact) mass is 256 g/mol. The highest BCUT2D eigenvalue weighted by atomic mass is 16.7.